The highest BCUT2D eigenvalue weighted by molar-refractivity contribution is 7.98. The summed E-state index contributed by atoms with van der Waals surface area (Å²) in [4.78, 5) is 15.2. The van der Waals surface area contributed by atoms with Gasteiger partial charge in [-0.3, -0.25) is 4.79 Å². The smallest absolute Gasteiger partial charge is 0.255 e. The Hall–Kier alpha value is -1.00. The van der Waals surface area contributed by atoms with Crippen molar-refractivity contribution in [1.29, 1.82) is 0 Å². The van der Waals surface area contributed by atoms with Crippen LogP contribution >= 0.6 is 11.8 Å². The Morgan fingerprint density at radius 2 is 2.17 bits per heavy atom. The van der Waals surface area contributed by atoms with Crippen molar-refractivity contribution in [3.05, 3.63) is 29.8 Å². The second-order valence-corrected chi connectivity index (χ2v) is 5.88. The number of thioether (sulfide) groups is 1. The Bertz CT molecular complexity index is 445. The lowest BCUT2D eigenvalue weighted by molar-refractivity contribution is -0.0108. The number of aliphatic hydroxyl groups is 1. The zero-order valence-corrected chi connectivity index (χ0v) is 11.7. The summed E-state index contributed by atoms with van der Waals surface area (Å²) in [7, 11) is 0. The molecule has 18 heavy (non-hydrogen) atoms. The van der Waals surface area contributed by atoms with Gasteiger partial charge in [0.25, 0.3) is 5.91 Å². The highest BCUT2D eigenvalue weighted by Gasteiger charge is 2.31. The summed E-state index contributed by atoms with van der Waals surface area (Å²) >= 11 is 1.58. The van der Waals surface area contributed by atoms with E-state index in [9.17, 15) is 9.90 Å². The molecule has 0 radical (unpaired) electrons. The van der Waals surface area contributed by atoms with E-state index < -0.39 is 5.60 Å². The third-order valence-corrected chi connectivity index (χ3v) is 4.10. The fourth-order valence-electron chi connectivity index (χ4n) is 2.39. The van der Waals surface area contributed by atoms with E-state index >= 15 is 0 Å². The molecular formula is C14H19NO2S. The minimum absolute atomic E-state index is 0.0277. The van der Waals surface area contributed by atoms with Crippen molar-refractivity contribution in [3.63, 3.8) is 0 Å². The summed E-state index contributed by atoms with van der Waals surface area (Å²) in [6.07, 6.45) is 3.60. The molecule has 2 rings (SSSR count). The zero-order valence-electron chi connectivity index (χ0n) is 10.8. The summed E-state index contributed by atoms with van der Waals surface area (Å²) in [6.45, 7) is 2.96. The molecule has 1 amide bonds. The van der Waals surface area contributed by atoms with E-state index in [0.29, 0.717) is 6.54 Å². The fraction of sp³-hybridized carbons (Fsp3) is 0.500. The Balaban J connectivity index is 2.20. The van der Waals surface area contributed by atoms with E-state index in [0.717, 1.165) is 29.8 Å². The molecule has 0 spiro atoms. The summed E-state index contributed by atoms with van der Waals surface area (Å²) in [5, 5.41) is 10.1. The first-order valence-corrected chi connectivity index (χ1v) is 7.41. The van der Waals surface area contributed by atoms with Crippen molar-refractivity contribution in [3.8, 4) is 0 Å². The van der Waals surface area contributed by atoms with Gasteiger partial charge in [-0.2, -0.15) is 0 Å². The maximum Gasteiger partial charge on any atom is 0.255 e. The highest BCUT2D eigenvalue weighted by atomic mass is 32.2. The summed E-state index contributed by atoms with van der Waals surface area (Å²) in [6, 6.07) is 7.64. The topological polar surface area (TPSA) is 40.5 Å². The van der Waals surface area contributed by atoms with Crippen molar-refractivity contribution < 1.29 is 9.90 Å². The van der Waals surface area contributed by atoms with Crippen LogP contribution < -0.4 is 0 Å². The largest absolute Gasteiger partial charge is 0.388 e. The predicted molar refractivity (Wildman–Crippen MR) is 74.0 cm³/mol. The molecule has 1 aromatic rings. The molecule has 1 unspecified atom stereocenters. The van der Waals surface area contributed by atoms with Gasteiger partial charge in [-0.05, 0) is 38.2 Å². The lowest BCUT2D eigenvalue weighted by Crippen LogP contribution is -2.48. The lowest BCUT2D eigenvalue weighted by Gasteiger charge is -2.37. The Kier molecular flexibility index (Phi) is 3.97. The molecule has 0 aromatic heterocycles. The number of carbonyl (C=O) groups is 1. The van der Waals surface area contributed by atoms with Crippen LogP contribution in [0.2, 0.25) is 0 Å². The van der Waals surface area contributed by atoms with Gasteiger partial charge >= 0.3 is 0 Å². The van der Waals surface area contributed by atoms with Crippen LogP contribution in [0.4, 0.5) is 0 Å². The number of piperidine rings is 1. The molecule has 1 aliphatic heterocycles. The number of β-amino-alcohol motifs (C(OH)–C–C–N with tert-alkyl or cyclic N) is 1. The average Bonchev–Trinajstić information content (AvgIpc) is 2.36. The maximum absolute atomic E-state index is 12.5. The van der Waals surface area contributed by atoms with Gasteiger partial charge in [-0.25, -0.2) is 0 Å². The normalized spacial score (nSPS) is 24.1. The number of amides is 1. The molecule has 0 saturated carbocycles. The van der Waals surface area contributed by atoms with Crippen LogP contribution in [0.15, 0.2) is 29.2 Å². The summed E-state index contributed by atoms with van der Waals surface area (Å²) < 4.78 is 0. The molecular weight excluding hydrogens is 246 g/mol. The molecule has 1 aliphatic rings. The molecule has 0 bridgehead atoms. The fourth-order valence-corrected chi connectivity index (χ4v) is 2.97. The second kappa shape index (κ2) is 5.33. The molecule has 1 atom stereocenters. The molecule has 1 heterocycles. The van der Waals surface area contributed by atoms with Gasteiger partial charge in [0.1, 0.15) is 0 Å². The third kappa shape index (κ3) is 2.87. The molecule has 4 heteroatoms. The average molecular weight is 265 g/mol. The molecule has 1 N–H and O–H groups in total. The molecule has 3 nitrogen and oxygen atoms in total. The summed E-state index contributed by atoms with van der Waals surface area (Å²) in [5.41, 5.74) is -0.00920. The molecule has 1 saturated heterocycles. The van der Waals surface area contributed by atoms with E-state index in [4.69, 9.17) is 0 Å². The van der Waals surface area contributed by atoms with Crippen molar-refractivity contribution >= 4 is 17.7 Å². The predicted octanol–water partition coefficient (Wildman–Crippen LogP) is 2.40. The van der Waals surface area contributed by atoms with Crippen molar-refractivity contribution in [1.82, 2.24) is 4.90 Å². The number of hydrogen-bond donors (Lipinski definition) is 1. The van der Waals surface area contributed by atoms with Gasteiger partial charge in [0, 0.05) is 18.0 Å². The van der Waals surface area contributed by atoms with E-state index in [1.54, 1.807) is 23.6 Å². The van der Waals surface area contributed by atoms with Gasteiger partial charge in [0.2, 0.25) is 0 Å². The van der Waals surface area contributed by atoms with Crippen molar-refractivity contribution in [2.45, 2.75) is 30.3 Å². The first-order chi connectivity index (χ1) is 8.53. The first kappa shape index (κ1) is 13.4. The molecule has 98 valence electrons. The number of nitrogens with zero attached hydrogens (tertiary/aromatic N) is 1. The van der Waals surface area contributed by atoms with Crippen LogP contribution in [0.25, 0.3) is 0 Å². The minimum Gasteiger partial charge on any atom is -0.388 e. The molecule has 1 aromatic carbocycles. The van der Waals surface area contributed by atoms with Crippen LogP contribution in [0.3, 0.4) is 0 Å². The Morgan fingerprint density at radius 1 is 1.44 bits per heavy atom. The van der Waals surface area contributed by atoms with Crippen LogP contribution in [-0.2, 0) is 0 Å². The van der Waals surface area contributed by atoms with Gasteiger partial charge in [-0.15, -0.1) is 11.8 Å². The van der Waals surface area contributed by atoms with Crippen molar-refractivity contribution in [2.24, 2.45) is 0 Å². The molecule has 0 aliphatic carbocycles. The number of carbonyl (C=O) groups excluding carboxylic acids is 1. The zero-order chi connectivity index (χ0) is 13.2. The Morgan fingerprint density at radius 3 is 2.83 bits per heavy atom. The standard InChI is InChI=1S/C14H19NO2S/c1-14(17)8-5-9-15(10-14)13(16)11-6-3-4-7-12(11)18-2/h3-4,6-7,17H,5,8-10H2,1-2H3. The van der Waals surface area contributed by atoms with Gasteiger partial charge in [0.15, 0.2) is 0 Å². The van der Waals surface area contributed by atoms with Crippen LogP contribution in [-0.4, -0.2) is 40.9 Å². The molecule has 1 fully saturated rings. The van der Waals surface area contributed by atoms with E-state index in [-0.39, 0.29) is 5.91 Å². The van der Waals surface area contributed by atoms with Crippen LogP contribution in [0, 0.1) is 0 Å². The minimum atomic E-state index is -0.748. The van der Waals surface area contributed by atoms with Gasteiger partial charge in [-0.1, -0.05) is 12.1 Å². The Labute approximate surface area is 112 Å². The highest BCUT2D eigenvalue weighted by Crippen LogP contribution is 2.25. The monoisotopic (exact) mass is 265 g/mol. The number of benzene rings is 1. The number of rotatable bonds is 2. The first-order valence-electron chi connectivity index (χ1n) is 6.18. The van der Waals surface area contributed by atoms with Crippen molar-refractivity contribution in [2.75, 3.05) is 19.3 Å². The van der Waals surface area contributed by atoms with E-state index in [1.807, 2.05) is 30.5 Å². The maximum atomic E-state index is 12.5. The second-order valence-electron chi connectivity index (χ2n) is 5.03. The van der Waals surface area contributed by atoms with Gasteiger partial charge < -0.3 is 10.0 Å². The number of likely N-dealkylation sites (tertiary alicyclic amines) is 1. The van der Waals surface area contributed by atoms with Crippen LogP contribution in [0.5, 0.6) is 0 Å². The lowest BCUT2D eigenvalue weighted by atomic mass is 9.94. The van der Waals surface area contributed by atoms with Gasteiger partial charge in [0.05, 0.1) is 11.2 Å². The quantitative estimate of drug-likeness (QED) is 0.835. The SMILES string of the molecule is CSc1ccccc1C(=O)N1CCCC(C)(O)C1. The van der Waals surface area contributed by atoms with E-state index in [1.165, 1.54) is 0 Å². The number of hydrogen-bond acceptors (Lipinski definition) is 3. The van der Waals surface area contributed by atoms with Crippen LogP contribution in [0.1, 0.15) is 30.1 Å². The summed E-state index contributed by atoms with van der Waals surface area (Å²) in [5.74, 6) is 0.0277. The third-order valence-electron chi connectivity index (χ3n) is 3.30. The van der Waals surface area contributed by atoms with E-state index in [2.05, 4.69) is 0 Å².